The highest BCUT2D eigenvalue weighted by Gasteiger charge is 2.05. The van der Waals surface area contributed by atoms with Crippen molar-refractivity contribution in [3.8, 4) is 0 Å². The third-order valence-electron chi connectivity index (χ3n) is 1.28. The van der Waals surface area contributed by atoms with Gasteiger partial charge in [0, 0.05) is 17.3 Å². The van der Waals surface area contributed by atoms with E-state index in [0.717, 1.165) is 16.8 Å². The van der Waals surface area contributed by atoms with Crippen LogP contribution < -0.4 is 0 Å². The van der Waals surface area contributed by atoms with Crippen molar-refractivity contribution >= 4 is 15.9 Å². The second kappa shape index (κ2) is 3.19. The van der Waals surface area contributed by atoms with Crippen molar-refractivity contribution in [1.29, 1.82) is 0 Å². The van der Waals surface area contributed by atoms with E-state index in [1.54, 1.807) is 0 Å². The van der Waals surface area contributed by atoms with Crippen LogP contribution in [0.2, 0.25) is 0 Å². The van der Waals surface area contributed by atoms with Crippen molar-refractivity contribution in [3.05, 3.63) is 17.5 Å². The van der Waals surface area contributed by atoms with E-state index in [1.807, 2.05) is 6.07 Å². The van der Waals surface area contributed by atoms with E-state index in [9.17, 15) is 0 Å². The maximum atomic E-state index is 5.04. The molecule has 0 saturated carbocycles. The fourth-order valence-corrected chi connectivity index (χ4v) is 0.928. The van der Waals surface area contributed by atoms with E-state index < -0.39 is 0 Å². The summed E-state index contributed by atoms with van der Waals surface area (Å²) in [5.41, 5.74) is 0.962. The van der Waals surface area contributed by atoms with Gasteiger partial charge in [-0.1, -0.05) is 34.9 Å². The molecule has 0 bridgehead atoms. The molecule has 0 amide bonds. The monoisotopic (exact) mass is 203 g/mol. The van der Waals surface area contributed by atoms with Gasteiger partial charge in [-0.2, -0.15) is 0 Å². The van der Waals surface area contributed by atoms with Gasteiger partial charge in [0.25, 0.3) is 0 Å². The molecule has 0 unspecified atom stereocenters. The maximum Gasteiger partial charge on any atom is 0.139 e. The Balaban J connectivity index is 2.78. The molecule has 1 aromatic heterocycles. The van der Waals surface area contributed by atoms with E-state index in [2.05, 4.69) is 34.9 Å². The molecule has 2 nitrogen and oxygen atoms in total. The van der Waals surface area contributed by atoms with Crippen molar-refractivity contribution < 1.29 is 4.52 Å². The lowest BCUT2D eigenvalue weighted by Crippen LogP contribution is -1.80. The van der Waals surface area contributed by atoms with Gasteiger partial charge in [-0.05, 0) is 0 Å². The highest BCUT2D eigenvalue weighted by atomic mass is 79.9. The molecule has 0 spiro atoms. The van der Waals surface area contributed by atoms with Gasteiger partial charge in [-0.3, -0.25) is 0 Å². The van der Waals surface area contributed by atoms with Gasteiger partial charge in [-0.25, -0.2) is 0 Å². The molecule has 0 aliphatic rings. The standard InChI is InChI=1S/C7H10BrNO/c1-5(2)7-3-6(4-8)9-10-7/h3,5H,4H2,1-2H3. The number of halogens is 1. The molecule has 1 aromatic rings. The van der Waals surface area contributed by atoms with Gasteiger partial charge in [0.05, 0.1) is 5.69 Å². The molecule has 0 radical (unpaired) electrons. The average molecular weight is 204 g/mol. The molecule has 3 heteroatoms. The number of alkyl halides is 1. The van der Waals surface area contributed by atoms with Crippen LogP contribution in [0.25, 0.3) is 0 Å². The van der Waals surface area contributed by atoms with Gasteiger partial charge in [-0.15, -0.1) is 0 Å². The molecule has 0 atom stereocenters. The summed E-state index contributed by atoms with van der Waals surface area (Å²) in [6.45, 7) is 4.16. The van der Waals surface area contributed by atoms with Crippen LogP contribution in [-0.2, 0) is 5.33 Å². The Morgan fingerprint density at radius 2 is 2.40 bits per heavy atom. The summed E-state index contributed by atoms with van der Waals surface area (Å²) in [5.74, 6) is 1.38. The quantitative estimate of drug-likeness (QED) is 0.692. The van der Waals surface area contributed by atoms with E-state index in [1.165, 1.54) is 0 Å². The van der Waals surface area contributed by atoms with E-state index in [4.69, 9.17) is 4.52 Å². The van der Waals surface area contributed by atoms with Gasteiger partial charge in [0.15, 0.2) is 0 Å². The van der Waals surface area contributed by atoms with Crippen molar-refractivity contribution in [2.24, 2.45) is 0 Å². The summed E-state index contributed by atoms with van der Waals surface area (Å²) in [5, 5.41) is 4.60. The minimum absolute atomic E-state index is 0.431. The van der Waals surface area contributed by atoms with Crippen LogP contribution in [-0.4, -0.2) is 5.16 Å². The largest absolute Gasteiger partial charge is 0.361 e. The van der Waals surface area contributed by atoms with Gasteiger partial charge in [0.1, 0.15) is 5.76 Å². The summed E-state index contributed by atoms with van der Waals surface area (Å²) >= 11 is 3.30. The Labute approximate surface area is 68.7 Å². The minimum Gasteiger partial charge on any atom is -0.361 e. The number of rotatable bonds is 2. The van der Waals surface area contributed by atoms with Crippen LogP contribution >= 0.6 is 15.9 Å². The predicted molar refractivity (Wildman–Crippen MR) is 43.2 cm³/mol. The molecule has 0 saturated heterocycles. The van der Waals surface area contributed by atoms with Crippen molar-refractivity contribution in [2.75, 3.05) is 0 Å². The smallest absolute Gasteiger partial charge is 0.139 e. The fourth-order valence-electron chi connectivity index (χ4n) is 0.663. The summed E-state index contributed by atoms with van der Waals surface area (Å²) in [4.78, 5) is 0. The number of hydrogen-bond acceptors (Lipinski definition) is 2. The summed E-state index contributed by atoms with van der Waals surface area (Å²) in [7, 11) is 0. The molecule has 0 aliphatic heterocycles. The Morgan fingerprint density at radius 3 is 2.70 bits per heavy atom. The lowest BCUT2D eigenvalue weighted by atomic mass is 10.1. The van der Waals surface area contributed by atoms with Crippen LogP contribution in [0.5, 0.6) is 0 Å². The Morgan fingerprint density at radius 1 is 1.70 bits per heavy atom. The lowest BCUT2D eigenvalue weighted by molar-refractivity contribution is 0.367. The van der Waals surface area contributed by atoms with Gasteiger partial charge >= 0.3 is 0 Å². The summed E-state index contributed by atoms with van der Waals surface area (Å²) < 4.78 is 5.04. The van der Waals surface area contributed by atoms with Crippen molar-refractivity contribution in [3.63, 3.8) is 0 Å². The van der Waals surface area contributed by atoms with E-state index in [0.29, 0.717) is 5.92 Å². The van der Waals surface area contributed by atoms with Crippen molar-refractivity contribution in [1.82, 2.24) is 5.16 Å². The van der Waals surface area contributed by atoms with E-state index >= 15 is 0 Å². The molecule has 10 heavy (non-hydrogen) atoms. The molecule has 0 aliphatic carbocycles. The van der Waals surface area contributed by atoms with Crippen molar-refractivity contribution in [2.45, 2.75) is 25.1 Å². The highest BCUT2D eigenvalue weighted by Crippen LogP contribution is 2.15. The third-order valence-corrected chi connectivity index (χ3v) is 1.86. The van der Waals surface area contributed by atoms with Crippen LogP contribution in [0.15, 0.2) is 10.6 Å². The zero-order chi connectivity index (χ0) is 7.56. The Kier molecular flexibility index (Phi) is 2.49. The molecular weight excluding hydrogens is 194 g/mol. The highest BCUT2D eigenvalue weighted by molar-refractivity contribution is 9.08. The predicted octanol–water partition coefficient (Wildman–Crippen LogP) is 2.69. The van der Waals surface area contributed by atoms with Crippen LogP contribution in [0.4, 0.5) is 0 Å². The van der Waals surface area contributed by atoms with Gasteiger partial charge < -0.3 is 4.52 Å². The number of nitrogens with zero attached hydrogens (tertiary/aromatic N) is 1. The van der Waals surface area contributed by atoms with Crippen LogP contribution in [0, 0.1) is 0 Å². The molecule has 1 rings (SSSR count). The third kappa shape index (κ3) is 1.59. The Hall–Kier alpha value is -0.310. The first-order valence-electron chi connectivity index (χ1n) is 3.25. The second-order valence-electron chi connectivity index (χ2n) is 2.51. The molecule has 1 heterocycles. The maximum absolute atomic E-state index is 5.04. The number of aromatic nitrogens is 1. The summed E-state index contributed by atoms with van der Waals surface area (Å²) in [6.07, 6.45) is 0. The lowest BCUT2D eigenvalue weighted by Gasteiger charge is -1.93. The minimum atomic E-state index is 0.431. The fraction of sp³-hybridized carbons (Fsp3) is 0.571. The first-order chi connectivity index (χ1) is 4.74. The molecule has 56 valence electrons. The topological polar surface area (TPSA) is 26.0 Å². The van der Waals surface area contributed by atoms with Crippen LogP contribution in [0.3, 0.4) is 0 Å². The molecule has 0 N–H and O–H groups in total. The molecule has 0 fully saturated rings. The van der Waals surface area contributed by atoms with Crippen LogP contribution in [0.1, 0.15) is 31.2 Å². The number of hydrogen-bond donors (Lipinski definition) is 0. The second-order valence-corrected chi connectivity index (χ2v) is 3.07. The zero-order valence-corrected chi connectivity index (χ0v) is 7.68. The average Bonchev–Trinajstić information content (AvgIpc) is 2.34. The normalized spacial score (nSPS) is 10.8. The summed E-state index contributed by atoms with van der Waals surface area (Å²) in [6, 6.07) is 1.97. The SMILES string of the molecule is CC(C)c1cc(CBr)no1. The first kappa shape index (κ1) is 7.79. The zero-order valence-electron chi connectivity index (χ0n) is 6.10. The Bertz CT molecular complexity index is 207. The van der Waals surface area contributed by atoms with E-state index in [-0.39, 0.29) is 0 Å². The van der Waals surface area contributed by atoms with Gasteiger partial charge in [0.2, 0.25) is 0 Å². The molecular formula is C7H10BrNO. The first-order valence-corrected chi connectivity index (χ1v) is 4.37. The molecule has 0 aromatic carbocycles.